The Morgan fingerprint density at radius 1 is 1.22 bits per heavy atom. The molecule has 2 N–H and O–H groups in total. The number of aromatic nitrogens is 1. The number of nitrogens with zero attached hydrogens (tertiary/aromatic N) is 2. The van der Waals surface area contributed by atoms with Gasteiger partial charge in [-0.15, -0.1) is 0 Å². The molecule has 0 fully saturated rings. The Bertz CT molecular complexity index is 588. The molecule has 5 heteroatoms. The van der Waals surface area contributed by atoms with Crippen LogP contribution in [0.25, 0.3) is 0 Å². The summed E-state index contributed by atoms with van der Waals surface area (Å²) in [4.78, 5) is 4.01. The maximum atomic E-state index is 8.89. The SMILES string of the molecule is COc1cc(C#N)cc(Oc2ccc(N)cn2)c1. The lowest BCUT2D eigenvalue weighted by Gasteiger charge is -2.07. The average molecular weight is 241 g/mol. The topological polar surface area (TPSA) is 81.2 Å². The number of nitrogens with two attached hydrogens (primary N) is 1. The van der Waals surface area contributed by atoms with E-state index in [4.69, 9.17) is 20.5 Å². The van der Waals surface area contributed by atoms with E-state index < -0.39 is 0 Å². The Morgan fingerprint density at radius 3 is 2.61 bits per heavy atom. The number of nitriles is 1. The van der Waals surface area contributed by atoms with E-state index in [-0.39, 0.29) is 0 Å². The fraction of sp³-hybridized carbons (Fsp3) is 0.0769. The lowest BCUT2D eigenvalue weighted by Crippen LogP contribution is -1.92. The highest BCUT2D eigenvalue weighted by atomic mass is 16.5. The standard InChI is InChI=1S/C13H11N3O2/c1-17-11-4-9(7-14)5-12(6-11)18-13-3-2-10(15)8-16-13/h2-6,8H,15H2,1H3. The predicted molar refractivity (Wildman–Crippen MR) is 66.4 cm³/mol. The summed E-state index contributed by atoms with van der Waals surface area (Å²) in [5.74, 6) is 1.45. The van der Waals surface area contributed by atoms with Gasteiger partial charge in [-0.1, -0.05) is 0 Å². The van der Waals surface area contributed by atoms with E-state index in [0.29, 0.717) is 28.6 Å². The first-order valence-corrected chi connectivity index (χ1v) is 5.20. The van der Waals surface area contributed by atoms with Crippen LogP contribution in [0, 0.1) is 11.3 Å². The second-order valence-electron chi connectivity index (χ2n) is 3.54. The molecule has 1 aromatic carbocycles. The predicted octanol–water partition coefficient (Wildman–Crippen LogP) is 2.34. The number of hydrogen-bond acceptors (Lipinski definition) is 5. The van der Waals surface area contributed by atoms with Gasteiger partial charge < -0.3 is 15.2 Å². The van der Waals surface area contributed by atoms with E-state index in [1.165, 1.54) is 13.3 Å². The Balaban J connectivity index is 2.28. The summed E-state index contributed by atoms with van der Waals surface area (Å²) in [6, 6.07) is 10.3. The maximum Gasteiger partial charge on any atom is 0.219 e. The molecule has 0 aliphatic rings. The lowest BCUT2D eigenvalue weighted by molar-refractivity contribution is 0.407. The van der Waals surface area contributed by atoms with E-state index in [1.54, 1.807) is 30.3 Å². The van der Waals surface area contributed by atoms with Crippen molar-refractivity contribution in [3.63, 3.8) is 0 Å². The van der Waals surface area contributed by atoms with Crippen LogP contribution in [0.2, 0.25) is 0 Å². The van der Waals surface area contributed by atoms with Crippen molar-refractivity contribution in [3.05, 3.63) is 42.1 Å². The highest BCUT2D eigenvalue weighted by Crippen LogP contribution is 2.26. The van der Waals surface area contributed by atoms with Crippen LogP contribution in [0.15, 0.2) is 36.5 Å². The van der Waals surface area contributed by atoms with Crippen LogP contribution < -0.4 is 15.2 Å². The number of pyridine rings is 1. The van der Waals surface area contributed by atoms with E-state index >= 15 is 0 Å². The van der Waals surface area contributed by atoms with Crippen LogP contribution in [0.4, 0.5) is 5.69 Å². The number of hydrogen-bond donors (Lipinski definition) is 1. The first-order valence-electron chi connectivity index (χ1n) is 5.20. The van der Waals surface area contributed by atoms with Gasteiger partial charge in [0.1, 0.15) is 11.5 Å². The Hall–Kier alpha value is -2.74. The normalized spacial score (nSPS) is 9.56. The van der Waals surface area contributed by atoms with Gasteiger partial charge in [0, 0.05) is 12.1 Å². The average Bonchev–Trinajstić information content (AvgIpc) is 2.41. The molecule has 18 heavy (non-hydrogen) atoms. The van der Waals surface area contributed by atoms with Crippen LogP contribution in [0.5, 0.6) is 17.4 Å². The van der Waals surface area contributed by atoms with Crippen LogP contribution >= 0.6 is 0 Å². The quantitative estimate of drug-likeness (QED) is 0.891. The second-order valence-corrected chi connectivity index (χ2v) is 3.54. The third kappa shape index (κ3) is 2.68. The van der Waals surface area contributed by atoms with Gasteiger partial charge >= 0.3 is 0 Å². The second kappa shape index (κ2) is 5.06. The monoisotopic (exact) mass is 241 g/mol. The van der Waals surface area contributed by atoms with Crippen molar-refractivity contribution >= 4 is 5.69 Å². The summed E-state index contributed by atoms with van der Waals surface area (Å²) >= 11 is 0. The maximum absolute atomic E-state index is 8.89. The Morgan fingerprint density at radius 2 is 2.00 bits per heavy atom. The highest BCUT2D eigenvalue weighted by Gasteiger charge is 2.04. The van der Waals surface area contributed by atoms with Gasteiger partial charge in [0.05, 0.1) is 30.6 Å². The largest absolute Gasteiger partial charge is 0.497 e. The van der Waals surface area contributed by atoms with Gasteiger partial charge in [0.2, 0.25) is 5.88 Å². The van der Waals surface area contributed by atoms with Crippen LogP contribution in [-0.2, 0) is 0 Å². The van der Waals surface area contributed by atoms with Gasteiger partial charge in [0.15, 0.2) is 0 Å². The Kier molecular flexibility index (Phi) is 3.30. The summed E-state index contributed by atoms with van der Waals surface area (Å²) in [7, 11) is 1.53. The van der Waals surface area contributed by atoms with Crippen LogP contribution in [-0.4, -0.2) is 12.1 Å². The van der Waals surface area contributed by atoms with Gasteiger partial charge in [0.25, 0.3) is 0 Å². The van der Waals surface area contributed by atoms with Crippen LogP contribution in [0.3, 0.4) is 0 Å². The number of rotatable bonds is 3. The third-order valence-corrected chi connectivity index (χ3v) is 2.23. The molecular weight excluding hydrogens is 230 g/mol. The molecule has 5 nitrogen and oxygen atoms in total. The number of anilines is 1. The molecule has 0 radical (unpaired) electrons. The smallest absolute Gasteiger partial charge is 0.219 e. The third-order valence-electron chi connectivity index (χ3n) is 2.23. The van der Waals surface area contributed by atoms with Gasteiger partial charge in [-0.25, -0.2) is 4.98 Å². The highest BCUT2D eigenvalue weighted by molar-refractivity contribution is 5.45. The summed E-state index contributed by atoms with van der Waals surface area (Å²) in [5.41, 5.74) is 6.55. The molecule has 0 aliphatic carbocycles. The van der Waals surface area contributed by atoms with Crippen molar-refractivity contribution in [1.82, 2.24) is 4.98 Å². The first-order chi connectivity index (χ1) is 8.71. The molecule has 2 rings (SSSR count). The summed E-state index contributed by atoms with van der Waals surface area (Å²) in [6.07, 6.45) is 1.50. The summed E-state index contributed by atoms with van der Waals surface area (Å²) < 4.78 is 10.6. The molecule has 0 aliphatic heterocycles. The molecule has 0 atom stereocenters. The van der Waals surface area contributed by atoms with Crippen molar-refractivity contribution in [2.45, 2.75) is 0 Å². The molecule has 0 spiro atoms. The van der Waals surface area contributed by atoms with Gasteiger partial charge in [-0.2, -0.15) is 5.26 Å². The molecule has 0 bridgehead atoms. The van der Waals surface area contributed by atoms with Gasteiger partial charge in [-0.05, 0) is 18.2 Å². The molecule has 2 aromatic rings. The number of methoxy groups -OCH3 is 1. The first kappa shape index (κ1) is 11.7. The molecule has 0 amide bonds. The molecule has 0 unspecified atom stereocenters. The molecule has 0 saturated carbocycles. The van der Waals surface area contributed by atoms with Crippen molar-refractivity contribution < 1.29 is 9.47 Å². The number of ether oxygens (including phenoxy) is 2. The fourth-order valence-corrected chi connectivity index (χ4v) is 1.39. The minimum atomic E-state index is 0.404. The van der Waals surface area contributed by atoms with Crippen molar-refractivity contribution in [3.8, 4) is 23.4 Å². The summed E-state index contributed by atoms with van der Waals surface area (Å²) in [5, 5.41) is 8.89. The number of nitrogen functional groups attached to an aromatic ring is 1. The van der Waals surface area contributed by atoms with Crippen molar-refractivity contribution in [1.29, 1.82) is 5.26 Å². The molecule has 0 saturated heterocycles. The van der Waals surface area contributed by atoms with E-state index in [0.717, 1.165) is 0 Å². The minimum Gasteiger partial charge on any atom is -0.497 e. The molecule has 90 valence electrons. The van der Waals surface area contributed by atoms with Gasteiger partial charge in [-0.3, -0.25) is 0 Å². The lowest BCUT2D eigenvalue weighted by atomic mass is 10.2. The summed E-state index contributed by atoms with van der Waals surface area (Å²) in [6.45, 7) is 0. The minimum absolute atomic E-state index is 0.404. The van der Waals surface area contributed by atoms with Crippen molar-refractivity contribution in [2.75, 3.05) is 12.8 Å². The molecule has 1 aromatic heterocycles. The fourth-order valence-electron chi connectivity index (χ4n) is 1.39. The zero-order valence-electron chi connectivity index (χ0n) is 9.75. The van der Waals surface area contributed by atoms with E-state index in [1.807, 2.05) is 6.07 Å². The molecular formula is C13H11N3O2. The van der Waals surface area contributed by atoms with Crippen LogP contribution in [0.1, 0.15) is 5.56 Å². The van der Waals surface area contributed by atoms with E-state index in [9.17, 15) is 0 Å². The Labute approximate surface area is 104 Å². The van der Waals surface area contributed by atoms with Crippen molar-refractivity contribution in [2.24, 2.45) is 0 Å². The molecule has 1 heterocycles. The number of benzene rings is 1. The zero-order valence-corrected chi connectivity index (χ0v) is 9.75. The zero-order chi connectivity index (χ0) is 13.0. The van der Waals surface area contributed by atoms with E-state index in [2.05, 4.69) is 4.98 Å².